The van der Waals surface area contributed by atoms with Crippen molar-refractivity contribution in [1.82, 2.24) is 9.88 Å². The number of benzene rings is 1. The SMILES string of the molecule is CCCCC(CCCC)(CCCC)CCCNc1ccc2ccc(C(=O)N3CCC4(CC=CC5=NC6=C(C(C)C)C=CCC6=C54)CC3)cc2n1. The number of piperidine rings is 1. The predicted octanol–water partition coefficient (Wildman–Crippen LogP) is 11.8. The second kappa shape index (κ2) is 16.3. The summed E-state index contributed by atoms with van der Waals surface area (Å²) in [5.74, 6) is 1.48. The number of hydrogen-bond acceptors (Lipinski definition) is 4. The Bertz CT molecular complexity index is 1660. The number of carbonyl (C=O) groups excluding carboxylic acids is 1. The minimum atomic E-state index is 0.0713. The zero-order valence-electron chi connectivity index (χ0n) is 31.8. The van der Waals surface area contributed by atoms with E-state index in [2.05, 4.69) is 87.3 Å². The third-order valence-corrected chi connectivity index (χ3v) is 12.2. The van der Waals surface area contributed by atoms with Crippen LogP contribution in [0.5, 0.6) is 0 Å². The number of hydrogen-bond donors (Lipinski definition) is 1. The highest BCUT2D eigenvalue weighted by molar-refractivity contribution is 6.14. The smallest absolute Gasteiger partial charge is 0.253 e. The fourth-order valence-corrected chi connectivity index (χ4v) is 9.22. The fraction of sp³-hybridized carbons (Fsp3) is 0.578. The summed E-state index contributed by atoms with van der Waals surface area (Å²) in [6, 6.07) is 10.3. The van der Waals surface area contributed by atoms with Gasteiger partial charge < -0.3 is 10.2 Å². The van der Waals surface area contributed by atoms with Crippen molar-refractivity contribution in [2.75, 3.05) is 25.0 Å². The van der Waals surface area contributed by atoms with Crippen LogP contribution in [0.25, 0.3) is 10.9 Å². The van der Waals surface area contributed by atoms with E-state index in [4.69, 9.17) is 9.98 Å². The van der Waals surface area contributed by atoms with Crippen molar-refractivity contribution < 1.29 is 4.79 Å². The molecule has 0 saturated carbocycles. The van der Waals surface area contributed by atoms with E-state index in [1.54, 1.807) is 0 Å². The molecule has 3 heterocycles. The van der Waals surface area contributed by atoms with Crippen LogP contribution in [0.2, 0.25) is 0 Å². The predicted molar refractivity (Wildman–Crippen MR) is 212 cm³/mol. The average Bonchev–Trinajstić information content (AvgIpc) is 3.54. The van der Waals surface area contributed by atoms with E-state index in [0.29, 0.717) is 11.3 Å². The fourth-order valence-electron chi connectivity index (χ4n) is 9.22. The van der Waals surface area contributed by atoms with Crippen molar-refractivity contribution in [3.63, 3.8) is 0 Å². The molecule has 2 aliphatic heterocycles. The number of unbranched alkanes of at least 4 members (excludes halogenated alkanes) is 3. The van der Waals surface area contributed by atoms with Gasteiger partial charge in [-0.3, -0.25) is 4.79 Å². The monoisotopic (exact) mass is 674 g/mol. The lowest BCUT2D eigenvalue weighted by atomic mass is 9.64. The van der Waals surface area contributed by atoms with Crippen molar-refractivity contribution in [1.29, 1.82) is 0 Å². The second-order valence-electron chi connectivity index (χ2n) is 16.0. The maximum atomic E-state index is 13.9. The maximum absolute atomic E-state index is 13.9. The number of amides is 1. The van der Waals surface area contributed by atoms with Gasteiger partial charge in [0.25, 0.3) is 5.91 Å². The lowest BCUT2D eigenvalue weighted by molar-refractivity contribution is 0.0635. The maximum Gasteiger partial charge on any atom is 0.253 e. The van der Waals surface area contributed by atoms with Gasteiger partial charge in [0.05, 0.1) is 16.9 Å². The van der Waals surface area contributed by atoms with Gasteiger partial charge in [-0.05, 0) is 116 Å². The molecule has 1 N–H and O–H groups in total. The number of fused-ring (bicyclic) bond motifs is 4. The number of rotatable bonds is 16. The minimum absolute atomic E-state index is 0.0713. The first kappa shape index (κ1) is 36.3. The number of pyridine rings is 1. The van der Waals surface area contributed by atoms with E-state index in [-0.39, 0.29) is 11.3 Å². The molecule has 0 bridgehead atoms. The van der Waals surface area contributed by atoms with Crippen LogP contribution in [0.15, 0.2) is 82.0 Å². The van der Waals surface area contributed by atoms with Gasteiger partial charge in [0.15, 0.2) is 0 Å². The van der Waals surface area contributed by atoms with Gasteiger partial charge in [-0.15, -0.1) is 0 Å². The molecular formula is C45H62N4O. The molecule has 1 amide bonds. The van der Waals surface area contributed by atoms with E-state index < -0.39 is 0 Å². The molecule has 50 heavy (non-hydrogen) atoms. The van der Waals surface area contributed by atoms with Gasteiger partial charge in [-0.2, -0.15) is 0 Å². The normalized spacial score (nSPS) is 18.4. The highest BCUT2D eigenvalue weighted by atomic mass is 16.2. The Morgan fingerprint density at radius 3 is 2.26 bits per heavy atom. The molecule has 1 aromatic carbocycles. The first-order valence-electron chi connectivity index (χ1n) is 20.2. The van der Waals surface area contributed by atoms with Gasteiger partial charge >= 0.3 is 0 Å². The van der Waals surface area contributed by atoms with Crippen molar-refractivity contribution in [2.45, 2.75) is 131 Å². The minimum Gasteiger partial charge on any atom is -0.370 e. The Morgan fingerprint density at radius 1 is 0.900 bits per heavy atom. The highest BCUT2D eigenvalue weighted by Crippen LogP contribution is 2.52. The molecule has 4 aliphatic rings. The lowest BCUT2D eigenvalue weighted by Crippen LogP contribution is -2.45. The van der Waals surface area contributed by atoms with Gasteiger partial charge in [0.1, 0.15) is 5.82 Å². The summed E-state index contributed by atoms with van der Waals surface area (Å²) < 4.78 is 0. The topological polar surface area (TPSA) is 57.6 Å². The van der Waals surface area contributed by atoms with Crippen LogP contribution in [0.3, 0.4) is 0 Å². The molecule has 1 saturated heterocycles. The standard InChI is InChI=1S/C45H62N4O/c1-6-9-22-44(23-10-7-2,24-11-8-3)25-14-29-46-40-21-20-34-18-19-35(32-39(34)47-40)43(50)49-30-27-45(28-31-49)26-13-17-38-41(45)37-16-12-15-36(33(4)5)42(37)48-38/h12-13,15,17-21,32-33H,6-11,14,16,22-31H2,1-5H3,(H,46,47). The third-order valence-electron chi connectivity index (χ3n) is 12.2. The Morgan fingerprint density at radius 2 is 1.58 bits per heavy atom. The summed E-state index contributed by atoms with van der Waals surface area (Å²) in [7, 11) is 0. The summed E-state index contributed by atoms with van der Waals surface area (Å²) in [5, 5.41) is 4.71. The largest absolute Gasteiger partial charge is 0.370 e. The van der Waals surface area contributed by atoms with Gasteiger partial charge in [0, 0.05) is 36.0 Å². The second-order valence-corrected chi connectivity index (χ2v) is 16.0. The number of likely N-dealkylation sites (tertiary alicyclic amines) is 1. The van der Waals surface area contributed by atoms with Crippen LogP contribution < -0.4 is 5.32 Å². The summed E-state index contributed by atoms with van der Waals surface area (Å²) in [6.07, 6.45) is 27.6. The first-order chi connectivity index (χ1) is 24.3. The van der Waals surface area contributed by atoms with Crippen molar-refractivity contribution >= 4 is 28.3 Å². The quantitative estimate of drug-likeness (QED) is 0.180. The molecule has 0 atom stereocenters. The average molecular weight is 675 g/mol. The summed E-state index contributed by atoms with van der Waals surface area (Å²) in [5.41, 5.74) is 8.83. The summed E-state index contributed by atoms with van der Waals surface area (Å²) >= 11 is 0. The molecule has 2 aromatic rings. The Balaban J connectivity index is 1.10. The highest BCUT2D eigenvalue weighted by Gasteiger charge is 2.45. The lowest BCUT2D eigenvalue weighted by Gasteiger charge is -2.44. The van der Waals surface area contributed by atoms with Crippen molar-refractivity contribution in [2.24, 2.45) is 21.7 Å². The molecule has 1 aromatic heterocycles. The molecule has 1 fully saturated rings. The van der Waals surface area contributed by atoms with Crippen LogP contribution in [-0.2, 0) is 0 Å². The Kier molecular flexibility index (Phi) is 11.8. The van der Waals surface area contributed by atoms with Crippen molar-refractivity contribution in [3.8, 4) is 0 Å². The molecule has 6 rings (SSSR count). The molecular weight excluding hydrogens is 613 g/mol. The molecule has 2 aliphatic carbocycles. The zero-order chi connectivity index (χ0) is 35.1. The van der Waals surface area contributed by atoms with E-state index >= 15 is 0 Å². The van der Waals surface area contributed by atoms with Crippen molar-refractivity contribution in [3.05, 3.63) is 82.6 Å². The first-order valence-corrected chi connectivity index (χ1v) is 20.2. The molecule has 0 unspecified atom stereocenters. The van der Waals surface area contributed by atoms with Gasteiger partial charge in [0.2, 0.25) is 0 Å². The van der Waals surface area contributed by atoms with Gasteiger partial charge in [-0.1, -0.05) is 97.4 Å². The van der Waals surface area contributed by atoms with Gasteiger partial charge in [-0.25, -0.2) is 9.98 Å². The van der Waals surface area contributed by atoms with E-state index in [1.165, 1.54) is 93.0 Å². The van der Waals surface area contributed by atoms with E-state index in [0.717, 1.165) is 73.3 Å². The van der Waals surface area contributed by atoms with Crippen LogP contribution >= 0.6 is 0 Å². The zero-order valence-corrected chi connectivity index (χ0v) is 31.8. The van der Waals surface area contributed by atoms with Crippen LogP contribution in [-0.4, -0.2) is 41.1 Å². The number of allylic oxidation sites excluding steroid dienone is 7. The number of nitrogens with zero attached hydrogens (tertiary/aromatic N) is 3. The van der Waals surface area contributed by atoms with Crippen LogP contribution in [0.4, 0.5) is 5.82 Å². The number of aromatic nitrogens is 1. The Hall–Kier alpha value is -3.47. The number of carbonyl (C=O) groups is 1. The number of aliphatic imine (C=N–C) groups is 1. The number of anilines is 1. The Labute approximate surface area is 302 Å². The van der Waals surface area contributed by atoms with Crippen LogP contribution in [0, 0.1) is 16.7 Å². The summed E-state index contributed by atoms with van der Waals surface area (Å²) in [6.45, 7) is 14.0. The molecule has 5 nitrogen and oxygen atoms in total. The molecule has 1 spiro atoms. The molecule has 5 heteroatoms. The van der Waals surface area contributed by atoms with E-state index in [9.17, 15) is 4.79 Å². The van der Waals surface area contributed by atoms with E-state index in [1.807, 2.05) is 12.1 Å². The molecule has 268 valence electrons. The number of nitrogens with one attached hydrogen (secondary N) is 1. The molecule has 0 radical (unpaired) electrons. The summed E-state index contributed by atoms with van der Waals surface area (Å²) in [4.78, 5) is 26.2. The van der Waals surface area contributed by atoms with Crippen LogP contribution in [0.1, 0.15) is 141 Å². The third kappa shape index (κ3) is 7.72.